The Bertz CT molecular complexity index is 634. The van der Waals surface area contributed by atoms with E-state index in [9.17, 15) is 4.39 Å². The predicted octanol–water partition coefficient (Wildman–Crippen LogP) is 3.48. The number of H-pyrrole nitrogens is 1. The second-order valence-corrected chi connectivity index (χ2v) is 5.80. The standard InChI is InChI=1S/C14H14ClFN2/c15-8-4-10-11-7-18-3-1-2-9(18)6-13(11)17-14(10)12(16)5-8/h4-5,9,17H,1-3,6-7H2. The summed E-state index contributed by atoms with van der Waals surface area (Å²) in [4.78, 5) is 5.77. The smallest absolute Gasteiger partial charge is 0.148 e. The van der Waals surface area contributed by atoms with E-state index in [0.29, 0.717) is 16.6 Å². The number of hydrogen-bond donors (Lipinski definition) is 1. The van der Waals surface area contributed by atoms with Gasteiger partial charge < -0.3 is 4.98 Å². The topological polar surface area (TPSA) is 19.0 Å². The van der Waals surface area contributed by atoms with Crippen molar-refractivity contribution in [1.29, 1.82) is 0 Å². The van der Waals surface area contributed by atoms with Crippen molar-refractivity contribution in [2.45, 2.75) is 31.8 Å². The molecule has 1 unspecified atom stereocenters. The lowest BCUT2D eigenvalue weighted by Crippen LogP contribution is -2.34. The maximum Gasteiger partial charge on any atom is 0.148 e. The number of halogens is 2. The van der Waals surface area contributed by atoms with Crippen molar-refractivity contribution in [3.05, 3.63) is 34.2 Å². The van der Waals surface area contributed by atoms with E-state index >= 15 is 0 Å². The van der Waals surface area contributed by atoms with Crippen LogP contribution in [0.25, 0.3) is 10.9 Å². The molecule has 1 aromatic carbocycles. The van der Waals surface area contributed by atoms with Gasteiger partial charge in [-0.05, 0) is 37.1 Å². The number of rotatable bonds is 0. The van der Waals surface area contributed by atoms with Crippen molar-refractivity contribution in [2.24, 2.45) is 0 Å². The van der Waals surface area contributed by atoms with Crippen LogP contribution in [-0.4, -0.2) is 22.5 Å². The first-order valence-corrected chi connectivity index (χ1v) is 6.82. The average molecular weight is 265 g/mol. The molecule has 2 nitrogen and oxygen atoms in total. The highest BCUT2D eigenvalue weighted by molar-refractivity contribution is 6.31. The third-order valence-electron chi connectivity index (χ3n) is 4.32. The van der Waals surface area contributed by atoms with Crippen molar-refractivity contribution in [3.8, 4) is 0 Å². The summed E-state index contributed by atoms with van der Waals surface area (Å²) in [5.41, 5.74) is 3.06. The summed E-state index contributed by atoms with van der Waals surface area (Å²) < 4.78 is 13.9. The molecular formula is C14H14ClFN2. The number of aromatic nitrogens is 1. The van der Waals surface area contributed by atoms with Crippen LogP contribution in [0.3, 0.4) is 0 Å². The molecule has 0 aliphatic carbocycles. The van der Waals surface area contributed by atoms with E-state index in [-0.39, 0.29) is 5.82 Å². The lowest BCUT2D eigenvalue weighted by atomic mass is 9.99. The lowest BCUT2D eigenvalue weighted by molar-refractivity contribution is 0.227. The summed E-state index contributed by atoms with van der Waals surface area (Å²) in [6.45, 7) is 2.10. The number of hydrogen-bond acceptors (Lipinski definition) is 1. The van der Waals surface area contributed by atoms with Crippen LogP contribution in [0.2, 0.25) is 5.02 Å². The van der Waals surface area contributed by atoms with Crippen LogP contribution in [0.1, 0.15) is 24.1 Å². The molecule has 1 fully saturated rings. The fraction of sp³-hybridized carbons (Fsp3) is 0.429. The third kappa shape index (κ3) is 1.44. The Hall–Kier alpha value is -1.06. The Balaban J connectivity index is 1.92. The fourth-order valence-electron chi connectivity index (χ4n) is 3.46. The molecule has 4 rings (SSSR count). The van der Waals surface area contributed by atoms with E-state index < -0.39 is 0 Å². The SMILES string of the molecule is Fc1cc(Cl)cc2c3c([nH]c12)CC1CCCN1C3. The van der Waals surface area contributed by atoms with E-state index in [2.05, 4.69) is 9.88 Å². The number of nitrogens with one attached hydrogen (secondary N) is 1. The molecular weight excluding hydrogens is 251 g/mol. The molecule has 3 heterocycles. The summed E-state index contributed by atoms with van der Waals surface area (Å²) >= 11 is 5.97. The fourth-order valence-corrected chi connectivity index (χ4v) is 3.66. The highest BCUT2D eigenvalue weighted by atomic mass is 35.5. The maximum absolute atomic E-state index is 13.9. The highest BCUT2D eigenvalue weighted by Crippen LogP contribution is 2.36. The largest absolute Gasteiger partial charge is 0.356 e. The van der Waals surface area contributed by atoms with Crippen molar-refractivity contribution in [2.75, 3.05) is 6.54 Å². The summed E-state index contributed by atoms with van der Waals surface area (Å²) in [5, 5.41) is 1.44. The van der Waals surface area contributed by atoms with Crippen molar-refractivity contribution in [3.63, 3.8) is 0 Å². The van der Waals surface area contributed by atoms with Crippen LogP contribution in [-0.2, 0) is 13.0 Å². The number of benzene rings is 1. The molecule has 2 aliphatic heterocycles. The predicted molar refractivity (Wildman–Crippen MR) is 70.4 cm³/mol. The Labute approximate surface area is 110 Å². The van der Waals surface area contributed by atoms with Crippen LogP contribution in [0.4, 0.5) is 4.39 Å². The van der Waals surface area contributed by atoms with E-state index in [4.69, 9.17) is 11.6 Å². The highest BCUT2D eigenvalue weighted by Gasteiger charge is 2.32. The Morgan fingerprint density at radius 2 is 2.28 bits per heavy atom. The first-order valence-electron chi connectivity index (χ1n) is 6.45. The first-order chi connectivity index (χ1) is 8.72. The van der Waals surface area contributed by atoms with Gasteiger partial charge in [-0.2, -0.15) is 0 Å². The lowest BCUT2D eigenvalue weighted by Gasteiger charge is -2.29. The second kappa shape index (κ2) is 3.72. The molecule has 1 aromatic heterocycles. The van der Waals surface area contributed by atoms with Gasteiger partial charge in [0.05, 0.1) is 5.52 Å². The molecule has 2 aliphatic rings. The molecule has 1 saturated heterocycles. The van der Waals surface area contributed by atoms with Crippen LogP contribution >= 0.6 is 11.6 Å². The van der Waals surface area contributed by atoms with Crippen LogP contribution in [0.5, 0.6) is 0 Å². The Morgan fingerprint density at radius 1 is 1.39 bits per heavy atom. The molecule has 0 bridgehead atoms. The van der Waals surface area contributed by atoms with E-state index in [0.717, 1.165) is 18.4 Å². The Morgan fingerprint density at radius 3 is 3.17 bits per heavy atom. The molecule has 0 saturated carbocycles. The zero-order chi connectivity index (χ0) is 12.3. The summed E-state index contributed by atoms with van der Waals surface area (Å²) in [6, 6.07) is 3.91. The van der Waals surface area contributed by atoms with Crippen molar-refractivity contribution >= 4 is 22.5 Å². The minimum Gasteiger partial charge on any atom is -0.356 e. The molecule has 18 heavy (non-hydrogen) atoms. The van der Waals surface area contributed by atoms with Gasteiger partial charge in [0, 0.05) is 35.1 Å². The molecule has 1 N–H and O–H groups in total. The molecule has 2 aromatic rings. The van der Waals surface area contributed by atoms with Gasteiger partial charge in [0.25, 0.3) is 0 Å². The van der Waals surface area contributed by atoms with Gasteiger partial charge in [-0.1, -0.05) is 11.6 Å². The van der Waals surface area contributed by atoms with Gasteiger partial charge in [-0.25, -0.2) is 4.39 Å². The molecule has 0 amide bonds. The number of fused-ring (bicyclic) bond motifs is 4. The van der Waals surface area contributed by atoms with Gasteiger partial charge in [0.2, 0.25) is 0 Å². The minimum absolute atomic E-state index is 0.243. The summed E-state index contributed by atoms with van der Waals surface area (Å²) in [6.07, 6.45) is 3.56. The monoisotopic (exact) mass is 264 g/mol. The summed E-state index contributed by atoms with van der Waals surface area (Å²) in [5.74, 6) is -0.243. The number of aromatic amines is 1. The zero-order valence-corrected chi connectivity index (χ0v) is 10.7. The van der Waals surface area contributed by atoms with Gasteiger partial charge in [-0.3, -0.25) is 4.90 Å². The third-order valence-corrected chi connectivity index (χ3v) is 4.54. The quantitative estimate of drug-likeness (QED) is 0.772. The van der Waals surface area contributed by atoms with E-state index in [1.165, 1.54) is 36.7 Å². The van der Waals surface area contributed by atoms with Crippen LogP contribution < -0.4 is 0 Å². The van der Waals surface area contributed by atoms with Crippen molar-refractivity contribution < 1.29 is 4.39 Å². The van der Waals surface area contributed by atoms with Crippen LogP contribution in [0.15, 0.2) is 12.1 Å². The molecule has 94 valence electrons. The van der Waals surface area contributed by atoms with Gasteiger partial charge in [0.15, 0.2) is 0 Å². The van der Waals surface area contributed by atoms with Gasteiger partial charge in [0.1, 0.15) is 5.82 Å². The first kappa shape index (κ1) is 10.8. The normalized spacial score (nSPS) is 23.3. The summed E-state index contributed by atoms with van der Waals surface area (Å²) in [7, 11) is 0. The number of nitrogens with zero attached hydrogens (tertiary/aromatic N) is 1. The maximum atomic E-state index is 13.9. The van der Waals surface area contributed by atoms with E-state index in [1.807, 2.05) is 6.07 Å². The van der Waals surface area contributed by atoms with Gasteiger partial charge in [-0.15, -0.1) is 0 Å². The van der Waals surface area contributed by atoms with Crippen LogP contribution in [0, 0.1) is 5.82 Å². The molecule has 0 radical (unpaired) electrons. The molecule has 0 spiro atoms. The van der Waals surface area contributed by atoms with Gasteiger partial charge >= 0.3 is 0 Å². The van der Waals surface area contributed by atoms with Crippen molar-refractivity contribution in [1.82, 2.24) is 9.88 Å². The molecule has 4 heteroatoms. The molecule has 1 atom stereocenters. The van der Waals surface area contributed by atoms with E-state index in [1.54, 1.807) is 0 Å². The zero-order valence-electron chi connectivity index (χ0n) is 9.97. The Kier molecular flexibility index (Phi) is 2.24. The minimum atomic E-state index is -0.243. The average Bonchev–Trinajstić information content (AvgIpc) is 2.90. The second-order valence-electron chi connectivity index (χ2n) is 5.36.